The van der Waals surface area contributed by atoms with Gasteiger partial charge in [-0.15, -0.1) is 0 Å². The molecule has 6 rings (SSSR count). The molecular formula is C29H24ClNO4. The smallest absolute Gasteiger partial charge is 0.180 e. The lowest BCUT2D eigenvalue weighted by molar-refractivity contribution is -0.128. The van der Waals surface area contributed by atoms with Gasteiger partial charge in [-0.2, -0.15) is 0 Å². The van der Waals surface area contributed by atoms with Crippen molar-refractivity contribution in [2.75, 3.05) is 4.90 Å². The molecule has 0 N–H and O–H groups in total. The minimum Gasteiger partial charge on any atom is -0.469 e. The molecule has 1 saturated heterocycles. The Morgan fingerprint density at radius 3 is 2.29 bits per heavy atom. The summed E-state index contributed by atoms with van der Waals surface area (Å²) >= 11 is 6.29. The molecule has 3 atom stereocenters. The van der Waals surface area contributed by atoms with Crippen LogP contribution in [0.15, 0.2) is 71.4 Å². The van der Waals surface area contributed by atoms with E-state index in [2.05, 4.69) is 0 Å². The van der Waals surface area contributed by atoms with E-state index in [1.807, 2.05) is 50.0 Å². The van der Waals surface area contributed by atoms with Gasteiger partial charge in [-0.25, -0.2) is 0 Å². The molecule has 1 spiro atoms. The van der Waals surface area contributed by atoms with Crippen molar-refractivity contribution in [2.24, 2.45) is 10.8 Å². The second kappa shape index (κ2) is 7.28. The highest BCUT2D eigenvalue weighted by Crippen LogP contribution is 2.61. The van der Waals surface area contributed by atoms with Crippen molar-refractivity contribution < 1.29 is 18.8 Å². The average molecular weight is 486 g/mol. The minimum absolute atomic E-state index is 0.0615. The molecule has 6 heteroatoms. The first-order valence-electron chi connectivity index (χ1n) is 11.7. The summed E-state index contributed by atoms with van der Waals surface area (Å²) in [6.07, 6.45) is 5.31. The molecule has 1 fully saturated rings. The Hall–Kier alpha value is -3.44. The lowest BCUT2D eigenvalue weighted by Gasteiger charge is -2.38. The van der Waals surface area contributed by atoms with Crippen LogP contribution in [0, 0.1) is 10.8 Å². The number of rotatable bonds is 2. The van der Waals surface area contributed by atoms with Gasteiger partial charge in [-0.05, 0) is 35.9 Å². The van der Waals surface area contributed by atoms with Gasteiger partial charge in [-0.1, -0.05) is 68.8 Å². The Bertz CT molecular complexity index is 1390. The van der Waals surface area contributed by atoms with Crippen molar-refractivity contribution in [2.45, 2.75) is 38.8 Å². The number of nitrogens with zero attached hydrogens (tertiary/aromatic N) is 1. The predicted molar refractivity (Wildman–Crippen MR) is 134 cm³/mol. The summed E-state index contributed by atoms with van der Waals surface area (Å²) in [7, 11) is 0. The van der Waals surface area contributed by atoms with Crippen molar-refractivity contribution in [3.63, 3.8) is 0 Å². The summed E-state index contributed by atoms with van der Waals surface area (Å²) in [5, 5.41) is 0.572. The molecule has 35 heavy (non-hydrogen) atoms. The van der Waals surface area contributed by atoms with Crippen molar-refractivity contribution in [3.05, 3.63) is 94.4 Å². The van der Waals surface area contributed by atoms with Crippen LogP contribution in [0.1, 0.15) is 58.7 Å². The van der Waals surface area contributed by atoms with Crippen molar-refractivity contribution in [3.8, 4) is 0 Å². The van der Waals surface area contributed by atoms with Crippen LogP contribution >= 0.6 is 11.6 Å². The maximum Gasteiger partial charge on any atom is 0.180 e. The van der Waals surface area contributed by atoms with Gasteiger partial charge in [0.25, 0.3) is 0 Å². The van der Waals surface area contributed by atoms with Gasteiger partial charge in [0, 0.05) is 27.3 Å². The van der Waals surface area contributed by atoms with Crippen LogP contribution in [0.2, 0.25) is 5.02 Å². The van der Waals surface area contributed by atoms with Crippen LogP contribution in [0.5, 0.6) is 0 Å². The van der Waals surface area contributed by atoms with Crippen LogP contribution < -0.4 is 4.90 Å². The molecule has 3 aliphatic rings. The second-order valence-electron chi connectivity index (χ2n) is 10.5. The van der Waals surface area contributed by atoms with E-state index in [9.17, 15) is 14.4 Å². The highest BCUT2D eigenvalue weighted by molar-refractivity contribution is 6.32. The van der Waals surface area contributed by atoms with Gasteiger partial charge < -0.3 is 9.32 Å². The number of anilines is 1. The average Bonchev–Trinajstić information content (AvgIpc) is 3.51. The van der Waals surface area contributed by atoms with E-state index in [1.165, 1.54) is 6.26 Å². The first-order chi connectivity index (χ1) is 16.7. The molecule has 3 heterocycles. The third kappa shape index (κ3) is 2.79. The van der Waals surface area contributed by atoms with E-state index < -0.39 is 28.8 Å². The fourth-order valence-corrected chi connectivity index (χ4v) is 6.35. The monoisotopic (exact) mass is 485 g/mol. The number of hydrogen-bond donors (Lipinski definition) is 0. The van der Waals surface area contributed by atoms with Crippen molar-refractivity contribution in [1.29, 1.82) is 0 Å². The number of hydrogen-bond acceptors (Lipinski definition) is 5. The first kappa shape index (κ1) is 22.1. The fraction of sp³-hybridized carbons (Fsp3) is 0.276. The number of halogens is 1. The Balaban J connectivity index is 1.69. The minimum atomic E-state index is -1.53. The summed E-state index contributed by atoms with van der Waals surface area (Å²) in [5.74, 6) is -0.927. The molecule has 1 aliphatic carbocycles. The molecule has 2 aromatic carbocycles. The van der Waals surface area contributed by atoms with Crippen molar-refractivity contribution >= 4 is 40.7 Å². The second-order valence-corrected chi connectivity index (χ2v) is 11.0. The van der Waals surface area contributed by atoms with E-state index in [4.69, 9.17) is 16.0 Å². The molecule has 0 bridgehead atoms. The Morgan fingerprint density at radius 1 is 1.00 bits per heavy atom. The fourth-order valence-electron chi connectivity index (χ4n) is 6.17. The van der Waals surface area contributed by atoms with Gasteiger partial charge >= 0.3 is 0 Å². The quantitative estimate of drug-likeness (QED) is 0.417. The van der Waals surface area contributed by atoms with E-state index in [-0.39, 0.29) is 17.3 Å². The van der Waals surface area contributed by atoms with E-state index in [1.54, 1.807) is 42.5 Å². The number of furan rings is 1. The molecular weight excluding hydrogens is 462 g/mol. The zero-order valence-electron chi connectivity index (χ0n) is 19.6. The zero-order chi connectivity index (χ0) is 24.7. The van der Waals surface area contributed by atoms with E-state index >= 15 is 0 Å². The van der Waals surface area contributed by atoms with Crippen LogP contribution in [-0.4, -0.2) is 29.4 Å². The summed E-state index contributed by atoms with van der Waals surface area (Å²) in [4.78, 5) is 44.8. The number of fused-ring (bicyclic) bond motifs is 5. The maximum absolute atomic E-state index is 14.3. The number of benzene rings is 2. The van der Waals surface area contributed by atoms with Crippen LogP contribution in [0.3, 0.4) is 0 Å². The summed E-state index contributed by atoms with van der Waals surface area (Å²) in [6.45, 7) is 5.60. The van der Waals surface area contributed by atoms with Crippen molar-refractivity contribution in [1.82, 2.24) is 0 Å². The highest BCUT2D eigenvalue weighted by atomic mass is 35.5. The molecule has 2 aliphatic heterocycles. The number of carbonyl (C=O) groups is 3. The number of Topliss-reactive ketones (excluding diaryl/α,β-unsaturated/α-hetero) is 3. The molecule has 176 valence electrons. The van der Waals surface area contributed by atoms with Crippen LogP contribution in [-0.2, 0) is 4.79 Å². The summed E-state index contributed by atoms with van der Waals surface area (Å²) in [5.41, 5.74) is 0.152. The molecule has 3 aromatic rings. The Labute approximate surface area is 208 Å². The molecule has 3 unspecified atom stereocenters. The van der Waals surface area contributed by atoms with Gasteiger partial charge in [0.2, 0.25) is 0 Å². The lowest BCUT2D eigenvalue weighted by atomic mass is 9.65. The Kier molecular flexibility index (Phi) is 4.59. The molecule has 1 aromatic heterocycles. The lowest BCUT2D eigenvalue weighted by Crippen LogP contribution is -2.49. The van der Waals surface area contributed by atoms with Gasteiger partial charge in [0.15, 0.2) is 17.3 Å². The van der Waals surface area contributed by atoms with Gasteiger partial charge in [0.05, 0.1) is 18.2 Å². The van der Waals surface area contributed by atoms with E-state index in [0.717, 1.165) is 11.3 Å². The topological polar surface area (TPSA) is 67.6 Å². The normalized spacial score (nSPS) is 24.0. The molecule has 5 nitrogen and oxygen atoms in total. The summed E-state index contributed by atoms with van der Waals surface area (Å²) < 4.78 is 5.88. The zero-order valence-corrected chi connectivity index (χ0v) is 20.4. The number of ketones is 3. The molecule has 0 amide bonds. The van der Waals surface area contributed by atoms with Crippen LogP contribution in [0.25, 0.3) is 6.08 Å². The SMILES string of the molecule is CC(C)(C)C(=O)C1C(c2ccco2)C2(C(=O)c3ccccc3C2=O)C2C=Cc3cc(Cl)ccc3N12. The summed E-state index contributed by atoms with van der Waals surface area (Å²) in [6, 6.07) is 14.5. The third-order valence-electron chi connectivity index (χ3n) is 7.62. The van der Waals surface area contributed by atoms with Gasteiger partial charge in [0.1, 0.15) is 17.2 Å². The standard InChI is InChI=1S/C29H24ClNO4/c1-28(2,3)27(34)24-23(21-9-6-14-35-21)29(25(32)18-7-4-5-8-19(18)26(29)33)22-13-10-16-15-17(30)11-12-20(16)31(22)24/h4-15,22-24H,1-3H3. The largest absolute Gasteiger partial charge is 0.469 e. The molecule has 0 saturated carbocycles. The predicted octanol–water partition coefficient (Wildman–Crippen LogP) is 5.98. The third-order valence-corrected chi connectivity index (χ3v) is 7.86. The van der Waals surface area contributed by atoms with Gasteiger partial charge in [-0.3, -0.25) is 14.4 Å². The highest BCUT2D eigenvalue weighted by Gasteiger charge is 2.72. The Morgan fingerprint density at radius 2 is 1.69 bits per heavy atom. The number of carbonyl (C=O) groups excluding carboxylic acids is 3. The molecule has 0 radical (unpaired) electrons. The first-order valence-corrected chi connectivity index (χ1v) is 12.1. The maximum atomic E-state index is 14.3. The van der Waals surface area contributed by atoms with Crippen LogP contribution in [0.4, 0.5) is 5.69 Å². The van der Waals surface area contributed by atoms with E-state index in [0.29, 0.717) is 21.9 Å².